The largest absolute Gasteiger partial charge is 0.347 e. The molecule has 0 saturated carbocycles. The summed E-state index contributed by atoms with van der Waals surface area (Å²) in [6.07, 6.45) is 2.34. The van der Waals surface area contributed by atoms with Crippen molar-refractivity contribution in [3.05, 3.63) is 27.4 Å². The molecule has 2 amide bonds. The van der Waals surface area contributed by atoms with Gasteiger partial charge in [-0.15, -0.1) is 22.7 Å². The second-order valence-electron chi connectivity index (χ2n) is 6.59. The smallest absolute Gasteiger partial charge is 0.317 e. The minimum atomic E-state index is -0.432. The topological polar surface area (TPSA) is 63.7 Å². The molecule has 2 fully saturated rings. The lowest BCUT2D eigenvalue weighted by Gasteiger charge is -2.37. The Kier molecular flexibility index (Phi) is 5.26. The van der Waals surface area contributed by atoms with E-state index in [9.17, 15) is 4.79 Å². The highest BCUT2D eigenvalue weighted by Crippen LogP contribution is 2.31. The van der Waals surface area contributed by atoms with Gasteiger partial charge in [-0.1, -0.05) is 0 Å². The first-order chi connectivity index (χ1) is 12.6. The van der Waals surface area contributed by atoms with Gasteiger partial charge in [-0.2, -0.15) is 0 Å². The van der Waals surface area contributed by atoms with Crippen LogP contribution in [0.4, 0.5) is 4.79 Å². The summed E-state index contributed by atoms with van der Waals surface area (Å²) in [5.74, 6) is -0.432. The summed E-state index contributed by atoms with van der Waals surface area (Å²) in [6, 6.07) is 4.24. The highest BCUT2D eigenvalue weighted by atomic mass is 32.1. The first-order valence-electron chi connectivity index (χ1n) is 8.95. The van der Waals surface area contributed by atoms with Gasteiger partial charge in [-0.25, -0.2) is 9.78 Å². The lowest BCUT2D eigenvalue weighted by Crippen LogP contribution is -2.50. The summed E-state index contributed by atoms with van der Waals surface area (Å²) in [4.78, 5) is 21.2. The van der Waals surface area contributed by atoms with E-state index < -0.39 is 5.79 Å². The molecule has 0 aromatic carbocycles. The fourth-order valence-electron chi connectivity index (χ4n) is 3.37. The molecule has 0 bridgehead atoms. The molecule has 0 atom stereocenters. The van der Waals surface area contributed by atoms with E-state index in [4.69, 9.17) is 9.47 Å². The standard InChI is InChI=1S/C18H23N3O3S2/c1-13-20-15(12-25-13)16-3-2-14(26-16)4-7-19-17(22)21-8-5-18(6-9-21)23-10-11-24-18/h2-3,12H,4-11H2,1H3,(H,19,22). The van der Waals surface area contributed by atoms with Crippen molar-refractivity contribution in [2.75, 3.05) is 32.8 Å². The molecule has 1 N–H and O–H groups in total. The molecule has 6 nitrogen and oxygen atoms in total. The van der Waals surface area contributed by atoms with Crippen LogP contribution >= 0.6 is 22.7 Å². The van der Waals surface area contributed by atoms with Crippen LogP contribution in [0.1, 0.15) is 22.7 Å². The lowest BCUT2D eigenvalue weighted by molar-refractivity contribution is -0.181. The van der Waals surface area contributed by atoms with E-state index in [1.807, 2.05) is 11.8 Å². The minimum absolute atomic E-state index is 0.00440. The molecule has 140 valence electrons. The number of thiazole rings is 1. The predicted octanol–water partition coefficient (Wildman–Crippen LogP) is 3.27. The minimum Gasteiger partial charge on any atom is -0.347 e. The molecule has 2 aromatic heterocycles. The quantitative estimate of drug-likeness (QED) is 0.866. The van der Waals surface area contributed by atoms with E-state index in [-0.39, 0.29) is 6.03 Å². The molecule has 0 unspecified atom stereocenters. The van der Waals surface area contributed by atoms with Gasteiger partial charge in [-0.3, -0.25) is 0 Å². The van der Waals surface area contributed by atoms with Gasteiger partial charge in [0.15, 0.2) is 5.79 Å². The molecule has 2 aliphatic heterocycles. The van der Waals surface area contributed by atoms with Crippen molar-refractivity contribution in [3.63, 3.8) is 0 Å². The van der Waals surface area contributed by atoms with Crippen molar-refractivity contribution in [1.82, 2.24) is 15.2 Å². The number of aromatic nitrogens is 1. The van der Waals surface area contributed by atoms with Gasteiger partial charge < -0.3 is 19.7 Å². The molecule has 0 radical (unpaired) electrons. The van der Waals surface area contributed by atoms with E-state index in [1.54, 1.807) is 22.7 Å². The summed E-state index contributed by atoms with van der Waals surface area (Å²) >= 11 is 3.41. The maximum Gasteiger partial charge on any atom is 0.317 e. The molecule has 4 heterocycles. The number of rotatable bonds is 4. The fourth-order valence-corrected chi connectivity index (χ4v) is 5.02. The maximum absolute atomic E-state index is 12.3. The molecule has 8 heteroatoms. The SMILES string of the molecule is Cc1nc(-c2ccc(CCNC(=O)N3CCC4(CC3)OCCO4)s2)cs1. The van der Waals surface area contributed by atoms with Crippen molar-refractivity contribution in [2.24, 2.45) is 0 Å². The van der Waals surface area contributed by atoms with Crippen molar-refractivity contribution in [1.29, 1.82) is 0 Å². The fraction of sp³-hybridized carbons (Fsp3) is 0.556. The zero-order chi connectivity index (χ0) is 18.0. The maximum atomic E-state index is 12.3. The molecule has 0 aliphatic carbocycles. The summed E-state index contributed by atoms with van der Waals surface area (Å²) in [5.41, 5.74) is 1.05. The van der Waals surface area contributed by atoms with Gasteiger partial charge in [0.05, 0.1) is 28.8 Å². The van der Waals surface area contributed by atoms with Crippen LogP contribution in [0.2, 0.25) is 0 Å². The monoisotopic (exact) mass is 393 g/mol. The first kappa shape index (κ1) is 17.9. The van der Waals surface area contributed by atoms with Crippen LogP contribution in [0.3, 0.4) is 0 Å². The summed E-state index contributed by atoms with van der Waals surface area (Å²) in [7, 11) is 0. The second kappa shape index (κ2) is 7.64. The van der Waals surface area contributed by atoms with Gasteiger partial charge in [-0.05, 0) is 25.5 Å². The Labute approximate surface area is 161 Å². The molecule has 2 aromatic rings. The third-order valence-electron chi connectivity index (χ3n) is 4.81. The third kappa shape index (κ3) is 3.93. The average Bonchev–Trinajstić information content (AvgIpc) is 3.37. The van der Waals surface area contributed by atoms with Crippen LogP contribution in [0.5, 0.6) is 0 Å². The number of likely N-dealkylation sites (tertiary alicyclic amines) is 1. The highest BCUT2D eigenvalue weighted by Gasteiger charge is 2.40. The van der Waals surface area contributed by atoms with Gasteiger partial charge >= 0.3 is 6.03 Å². The number of carbonyl (C=O) groups is 1. The normalized spacial score (nSPS) is 19.2. The molecule has 2 aliphatic rings. The zero-order valence-corrected chi connectivity index (χ0v) is 16.5. The number of carbonyl (C=O) groups excluding carboxylic acids is 1. The molecule has 26 heavy (non-hydrogen) atoms. The Hall–Kier alpha value is -1.48. The van der Waals surface area contributed by atoms with Crippen molar-refractivity contribution in [2.45, 2.75) is 32.0 Å². The van der Waals surface area contributed by atoms with Crippen LogP contribution in [-0.2, 0) is 15.9 Å². The summed E-state index contributed by atoms with van der Waals surface area (Å²) in [5, 5.41) is 6.20. The van der Waals surface area contributed by atoms with Crippen molar-refractivity contribution >= 4 is 28.7 Å². The number of piperidine rings is 1. The number of hydrogen-bond acceptors (Lipinski definition) is 6. The van der Waals surface area contributed by atoms with E-state index in [2.05, 4.69) is 27.8 Å². The van der Waals surface area contributed by atoms with E-state index in [1.165, 1.54) is 9.75 Å². The number of nitrogens with zero attached hydrogens (tertiary/aromatic N) is 2. The number of hydrogen-bond donors (Lipinski definition) is 1. The Bertz CT molecular complexity index is 757. The Morgan fingerprint density at radius 3 is 2.77 bits per heavy atom. The van der Waals surface area contributed by atoms with Crippen molar-refractivity contribution < 1.29 is 14.3 Å². The van der Waals surface area contributed by atoms with Crippen LogP contribution in [0, 0.1) is 6.92 Å². The number of thiophene rings is 1. The number of aryl methyl sites for hydroxylation is 1. The van der Waals surface area contributed by atoms with E-state index in [0.29, 0.717) is 32.8 Å². The Balaban J connectivity index is 1.22. The summed E-state index contributed by atoms with van der Waals surface area (Å²) in [6.45, 7) is 5.34. The number of urea groups is 1. The number of ether oxygens (including phenoxy) is 2. The molecular weight excluding hydrogens is 370 g/mol. The van der Waals surface area contributed by atoms with Gasteiger partial charge in [0.25, 0.3) is 0 Å². The molecule has 4 rings (SSSR count). The third-order valence-corrected chi connectivity index (χ3v) is 6.75. The van der Waals surface area contributed by atoms with Crippen molar-refractivity contribution in [3.8, 4) is 10.6 Å². The first-order valence-corrected chi connectivity index (χ1v) is 10.7. The molecular formula is C18H23N3O3S2. The highest BCUT2D eigenvalue weighted by molar-refractivity contribution is 7.16. The van der Waals surface area contributed by atoms with Crippen LogP contribution in [-0.4, -0.2) is 54.6 Å². The predicted molar refractivity (Wildman–Crippen MR) is 103 cm³/mol. The summed E-state index contributed by atoms with van der Waals surface area (Å²) < 4.78 is 11.4. The zero-order valence-electron chi connectivity index (χ0n) is 14.8. The van der Waals surface area contributed by atoms with Crippen LogP contribution in [0.25, 0.3) is 10.6 Å². The van der Waals surface area contributed by atoms with Gasteiger partial charge in [0, 0.05) is 42.7 Å². The van der Waals surface area contributed by atoms with Crippen LogP contribution in [0.15, 0.2) is 17.5 Å². The lowest BCUT2D eigenvalue weighted by atomic mass is 10.0. The van der Waals surface area contributed by atoms with Gasteiger partial charge in [0.2, 0.25) is 0 Å². The van der Waals surface area contributed by atoms with E-state index >= 15 is 0 Å². The van der Waals surface area contributed by atoms with E-state index in [0.717, 1.165) is 30.0 Å². The van der Waals surface area contributed by atoms with Crippen LogP contribution < -0.4 is 5.32 Å². The Morgan fingerprint density at radius 1 is 1.31 bits per heavy atom. The number of nitrogens with one attached hydrogen (secondary N) is 1. The van der Waals surface area contributed by atoms with Gasteiger partial charge in [0.1, 0.15) is 0 Å². The number of amides is 2. The average molecular weight is 394 g/mol. The second-order valence-corrected chi connectivity index (χ2v) is 8.82. The molecule has 2 saturated heterocycles. The molecule has 1 spiro atoms. The Morgan fingerprint density at radius 2 is 2.08 bits per heavy atom.